The molecule has 7 heteroatoms. The van der Waals surface area contributed by atoms with E-state index in [2.05, 4.69) is 32.9 Å². The van der Waals surface area contributed by atoms with E-state index in [-0.39, 0.29) is 10.9 Å². The summed E-state index contributed by atoms with van der Waals surface area (Å²) in [5.41, 5.74) is 0. The quantitative estimate of drug-likeness (QED) is 0.863. The minimum absolute atomic E-state index is 0.0179. The summed E-state index contributed by atoms with van der Waals surface area (Å²) >= 11 is 9.11. The van der Waals surface area contributed by atoms with Crippen molar-refractivity contribution in [1.29, 1.82) is 0 Å². The summed E-state index contributed by atoms with van der Waals surface area (Å²) in [6.45, 7) is 2.89. The van der Waals surface area contributed by atoms with Gasteiger partial charge in [-0.05, 0) is 60.4 Å². The van der Waals surface area contributed by atoms with Crippen LogP contribution in [0.1, 0.15) is 19.8 Å². The average Bonchev–Trinajstić information content (AvgIpc) is 2.32. The topological polar surface area (TPSA) is 58.2 Å². The van der Waals surface area contributed by atoms with Crippen LogP contribution in [-0.4, -0.2) is 27.0 Å². The Labute approximate surface area is 127 Å². The number of benzene rings is 1. The first-order valence-electron chi connectivity index (χ1n) is 6.09. The number of nitrogens with one attached hydrogen (secondary N) is 2. The monoisotopic (exact) mass is 366 g/mol. The van der Waals surface area contributed by atoms with Crippen molar-refractivity contribution in [2.24, 2.45) is 0 Å². The van der Waals surface area contributed by atoms with Gasteiger partial charge in [-0.3, -0.25) is 0 Å². The molecule has 1 heterocycles. The smallest absolute Gasteiger partial charge is 0.240 e. The molecular weight excluding hydrogens is 352 g/mol. The average molecular weight is 368 g/mol. The van der Waals surface area contributed by atoms with Crippen molar-refractivity contribution in [3.63, 3.8) is 0 Å². The molecule has 2 rings (SSSR count). The molecule has 0 amide bonds. The first kappa shape index (κ1) is 15.3. The Morgan fingerprint density at radius 1 is 1.47 bits per heavy atom. The van der Waals surface area contributed by atoms with Crippen LogP contribution in [0.5, 0.6) is 0 Å². The van der Waals surface area contributed by atoms with Crippen molar-refractivity contribution >= 4 is 37.6 Å². The van der Waals surface area contributed by atoms with E-state index < -0.39 is 10.0 Å². The highest BCUT2D eigenvalue weighted by Crippen LogP contribution is 2.25. The van der Waals surface area contributed by atoms with Gasteiger partial charge in [-0.1, -0.05) is 11.6 Å². The van der Waals surface area contributed by atoms with Gasteiger partial charge in [0.2, 0.25) is 10.0 Å². The van der Waals surface area contributed by atoms with Gasteiger partial charge in [0.1, 0.15) is 0 Å². The van der Waals surface area contributed by atoms with E-state index in [0.717, 1.165) is 19.4 Å². The lowest BCUT2D eigenvalue weighted by Crippen LogP contribution is -2.46. The largest absolute Gasteiger partial charge is 0.314 e. The molecule has 4 nitrogen and oxygen atoms in total. The minimum Gasteiger partial charge on any atom is -0.314 e. The first-order valence-corrected chi connectivity index (χ1v) is 8.74. The highest BCUT2D eigenvalue weighted by atomic mass is 79.9. The molecule has 19 heavy (non-hydrogen) atoms. The van der Waals surface area contributed by atoms with Crippen molar-refractivity contribution in [2.45, 2.75) is 36.7 Å². The first-order chi connectivity index (χ1) is 8.88. The van der Waals surface area contributed by atoms with Gasteiger partial charge in [0.05, 0.1) is 9.92 Å². The van der Waals surface area contributed by atoms with E-state index in [9.17, 15) is 8.42 Å². The molecule has 106 valence electrons. The molecule has 1 aliphatic heterocycles. The van der Waals surface area contributed by atoms with Crippen LogP contribution in [-0.2, 0) is 10.0 Å². The van der Waals surface area contributed by atoms with Crippen LogP contribution in [0.3, 0.4) is 0 Å². The molecule has 0 aliphatic carbocycles. The SMILES string of the molecule is CC1CC(NS(=O)(=O)c2ccc(Cl)c(Br)c2)CCN1. The number of sulfonamides is 1. The maximum atomic E-state index is 12.3. The van der Waals surface area contributed by atoms with Gasteiger partial charge < -0.3 is 5.32 Å². The number of piperidine rings is 1. The van der Waals surface area contributed by atoms with Crippen molar-refractivity contribution in [2.75, 3.05) is 6.54 Å². The van der Waals surface area contributed by atoms with Gasteiger partial charge in [-0.2, -0.15) is 0 Å². The van der Waals surface area contributed by atoms with Crippen LogP contribution in [0.25, 0.3) is 0 Å². The zero-order valence-electron chi connectivity index (χ0n) is 10.5. The summed E-state index contributed by atoms with van der Waals surface area (Å²) in [5, 5.41) is 3.79. The van der Waals surface area contributed by atoms with E-state index in [1.807, 2.05) is 0 Å². The van der Waals surface area contributed by atoms with Crippen LogP contribution < -0.4 is 10.0 Å². The third kappa shape index (κ3) is 3.92. The molecule has 1 aromatic carbocycles. The molecule has 1 aromatic rings. The number of halogens is 2. The normalized spacial score (nSPS) is 24.4. The van der Waals surface area contributed by atoms with Gasteiger partial charge in [-0.15, -0.1) is 0 Å². The molecule has 0 spiro atoms. The molecule has 2 atom stereocenters. The van der Waals surface area contributed by atoms with Crippen molar-refractivity contribution in [3.05, 3.63) is 27.7 Å². The summed E-state index contributed by atoms with van der Waals surface area (Å²) in [6, 6.07) is 4.93. The Morgan fingerprint density at radius 3 is 2.84 bits per heavy atom. The fourth-order valence-electron chi connectivity index (χ4n) is 2.17. The Hall–Kier alpha value is -0.140. The number of hydrogen-bond acceptors (Lipinski definition) is 3. The summed E-state index contributed by atoms with van der Waals surface area (Å²) < 4.78 is 27.9. The molecule has 1 aliphatic rings. The highest BCUT2D eigenvalue weighted by molar-refractivity contribution is 9.10. The third-order valence-electron chi connectivity index (χ3n) is 3.15. The minimum atomic E-state index is -3.49. The maximum absolute atomic E-state index is 12.3. The van der Waals surface area contributed by atoms with E-state index in [1.165, 1.54) is 12.1 Å². The van der Waals surface area contributed by atoms with Crippen molar-refractivity contribution in [1.82, 2.24) is 10.0 Å². The molecule has 0 bridgehead atoms. The van der Waals surface area contributed by atoms with Gasteiger partial charge in [-0.25, -0.2) is 13.1 Å². The van der Waals surface area contributed by atoms with Crippen LogP contribution >= 0.6 is 27.5 Å². The second kappa shape index (κ2) is 6.10. The summed E-state index contributed by atoms with van der Waals surface area (Å²) in [6.07, 6.45) is 1.60. The van der Waals surface area contributed by atoms with Gasteiger partial charge in [0, 0.05) is 16.6 Å². The third-order valence-corrected chi connectivity index (χ3v) is 5.88. The molecule has 2 N–H and O–H groups in total. The molecule has 0 radical (unpaired) electrons. The van der Waals surface area contributed by atoms with Gasteiger partial charge >= 0.3 is 0 Å². The van der Waals surface area contributed by atoms with E-state index in [0.29, 0.717) is 15.5 Å². The Kier molecular flexibility index (Phi) is 4.89. The zero-order chi connectivity index (χ0) is 14.0. The van der Waals surface area contributed by atoms with E-state index in [4.69, 9.17) is 11.6 Å². The van der Waals surface area contributed by atoms with E-state index >= 15 is 0 Å². The molecule has 1 saturated heterocycles. The second-order valence-corrected chi connectivity index (χ2v) is 7.75. The molecular formula is C12H16BrClN2O2S. The van der Waals surface area contributed by atoms with Crippen LogP contribution in [0, 0.1) is 0 Å². The number of hydrogen-bond donors (Lipinski definition) is 2. The van der Waals surface area contributed by atoms with E-state index in [1.54, 1.807) is 6.07 Å². The fourth-order valence-corrected chi connectivity index (χ4v) is 4.13. The predicted molar refractivity (Wildman–Crippen MR) is 80.0 cm³/mol. The highest BCUT2D eigenvalue weighted by Gasteiger charge is 2.24. The summed E-state index contributed by atoms with van der Waals surface area (Å²) in [5.74, 6) is 0. The molecule has 0 aromatic heterocycles. The Balaban J connectivity index is 2.15. The molecule has 1 fully saturated rings. The van der Waals surface area contributed by atoms with Gasteiger partial charge in [0.15, 0.2) is 0 Å². The number of rotatable bonds is 3. The standard InChI is InChI=1S/C12H16BrClN2O2S/c1-8-6-9(4-5-15-8)16-19(17,18)10-2-3-12(14)11(13)7-10/h2-3,7-9,15-16H,4-6H2,1H3. The van der Waals surface area contributed by atoms with Crippen LogP contribution in [0.2, 0.25) is 5.02 Å². The zero-order valence-corrected chi connectivity index (χ0v) is 13.6. The van der Waals surface area contributed by atoms with Gasteiger partial charge in [0.25, 0.3) is 0 Å². The Bertz CT molecular complexity index is 565. The lowest BCUT2D eigenvalue weighted by Gasteiger charge is -2.28. The van der Waals surface area contributed by atoms with Crippen molar-refractivity contribution < 1.29 is 8.42 Å². The van der Waals surface area contributed by atoms with Crippen molar-refractivity contribution in [3.8, 4) is 0 Å². The predicted octanol–water partition coefficient (Wildman–Crippen LogP) is 2.52. The fraction of sp³-hybridized carbons (Fsp3) is 0.500. The molecule has 0 saturated carbocycles. The van der Waals surface area contributed by atoms with Crippen LogP contribution in [0.4, 0.5) is 0 Å². The summed E-state index contributed by atoms with van der Waals surface area (Å²) in [7, 11) is -3.49. The molecule has 2 unspecified atom stereocenters. The second-order valence-electron chi connectivity index (χ2n) is 4.77. The Morgan fingerprint density at radius 2 is 2.21 bits per heavy atom. The maximum Gasteiger partial charge on any atom is 0.240 e. The summed E-state index contributed by atoms with van der Waals surface area (Å²) in [4.78, 5) is 0.231. The lowest BCUT2D eigenvalue weighted by atomic mass is 10.0. The lowest BCUT2D eigenvalue weighted by molar-refractivity contribution is 0.361. The van der Waals surface area contributed by atoms with Crippen LogP contribution in [0.15, 0.2) is 27.6 Å².